The molecule has 56 valence electrons. The van der Waals surface area contributed by atoms with Crippen molar-refractivity contribution in [2.75, 3.05) is 0 Å². The van der Waals surface area contributed by atoms with E-state index in [-0.39, 0.29) is 0 Å². The lowest BCUT2D eigenvalue weighted by Gasteiger charge is -1.89. The molecule has 0 nitrogen and oxygen atoms in total. The van der Waals surface area contributed by atoms with Crippen LogP contribution in [0.15, 0.2) is 29.2 Å². The minimum absolute atomic E-state index is 1.03. The summed E-state index contributed by atoms with van der Waals surface area (Å²) >= 11 is 4.15. The van der Waals surface area contributed by atoms with Crippen LogP contribution < -0.4 is 0 Å². The van der Waals surface area contributed by atoms with Crippen LogP contribution >= 0.6 is 12.6 Å². The molecule has 1 aromatic rings. The average Bonchev–Trinajstić information content (AvgIpc) is 1.91. The highest BCUT2D eigenvalue weighted by Crippen LogP contribution is 2.06. The molecule has 0 fully saturated rings. The molecule has 1 rings (SSSR count). The Kier molecular flexibility index (Phi) is 5.13. The topological polar surface area (TPSA) is 0 Å². The molecule has 1 aromatic carbocycles. The molecule has 0 aliphatic rings. The van der Waals surface area contributed by atoms with Gasteiger partial charge in [0.2, 0.25) is 0 Å². The van der Waals surface area contributed by atoms with Crippen LogP contribution in [0.4, 0.5) is 0 Å². The summed E-state index contributed by atoms with van der Waals surface area (Å²) in [5, 5.41) is 0. The minimum atomic E-state index is 1.03. The zero-order valence-electron chi connectivity index (χ0n) is 6.76. The maximum Gasteiger partial charge on any atom is 0.00426 e. The van der Waals surface area contributed by atoms with Crippen LogP contribution in [0.25, 0.3) is 0 Å². The second-order valence-corrected chi connectivity index (χ2v) is 2.36. The van der Waals surface area contributed by atoms with Crippen LogP contribution in [-0.4, -0.2) is 0 Å². The Morgan fingerprint density at radius 3 is 2.10 bits per heavy atom. The van der Waals surface area contributed by atoms with Crippen LogP contribution in [0.5, 0.6) is 0 Å². The van der Waals surface area contributed by atoms with Gasteiger partial charge < -0.3 is 0 Å². The Morgan fingerprint density at radius 1 is 1.20 bits per heavy atom. The van der Waals surface area contributed by atoms with Crippen molar-refractivity contribution in [2.24, 2.45) is 0 Å². The van der Waals surface area contributed by atoms with E-state index in [0.29, 0.717) is 0 Å². The van der Waals surface area contributed by atoms with Gasteiger partial charge in [-0.05, 0) is 19.1 Å². The van der Waals surface area contributed by atoms with Crippen molar-refractivity contribution in [3.05, 3.63) is 29.8 Å². The second-order valence-electron chi connectivity index (χ2n) is 1.84. The first-order valence-electron chi connectivity index (χ1n) is 3.54. The summed E-state index contributed by atoms with van der Waals surface area (Å²) in [4.78, 5) is 1.03. The summed E-state index contributed by atoms with van der Waals surface area (Å²) in [5.74, 6) is 0. The number of rotatable bonds is 0. The van der Waals surface area contributed by atoms with Gasteiger partial charge in [-0.3, -0.25) is 0 Å². The molecule has 0 spiro atoms. The first-order chi connectivity index (χ1) is 4.79. The highest BCUT2D eigenvalue weighted by molar-refractivity contribution is 7.80. The van der Waals surface area contributed by atoms with E-state index in [1.54, 1.807) is 0 Å². The van der Waals surface area contributed by atoms with Crippen LogP contribution in [0.1, 0.15) is 19.4 Å². The Labute approximate surface area is 68.7 Å². The first kappa shape index (κ1) is 9.57. The number of hydrogen-bond donors (Lipinski definition) is 1. The molecule has 0 radical (unpaired) electrons. The molecule has 0 saturated carbocycles. The molecule has 0 aliphatic carbocycles. The van der Waals surface area contributed by atoms with Gasteiger partial charge in [0, 0.05) is 4.90 Å². The van der Waals surface area contributed by atoms with Crippen molar-refractivity contribution in [3.8, 4) is 0 Å². The molecular weight excluding hydrogens is 140 g/mol. The van der Waals surface area contributed by atoms with E-state index in [1.165, 1.54) is 5.56 Å². The lowest BCUT2D eigenvalue weighted by molar-refractivity contribution is 1.37. The molecule has 0 aliphatic heterocycles. The Hall–Kier alpha value is -0.430. The SMILES string of the molecule is CC.Cc1cccc(S)c1. The highest BCUT2D eigenvalue weighted by Gasteiger charge is 1.81. The predicted octanol–water partition coefficient (Wildman–Crippen LogP) is 3.31. The third-order valence-corrected chi connectivity index (χ3v) is 1.28. The Bertz CT molecular complexity index is 165. The van der Waals surface area contributed by atoms with Crippen molar-refractivity contribution in [2.45, 2.75) is 25.7 Å². The number of hydrogen-bond acceptors (Lipinski definition) is 1. The smallest absolute Gasteiger partial charge is 0.00426 e. The summed E-state index contributed by atoms with van der Waals surface area (Å²) in [6.07, 6.45) is 0. The molecule has 10 heavy (non-hydrogen) atoms. The van der Waals surface area contributed by atoms with E-state index < -0.39 is 0 Å². The normalized spacial score (nSPS) is 8.00. The van der Waals surface area contributed by atoms with Gasteiger partial charge in [0.15, 0.2) is 0 Å². The molecule has 1 heteroatoms. The van der Waals surface area contributed by atoms with Gasteiger partial charge >= 0.3 is 0 Å². The molecule has 0 unspecified atom stereocenters. The maximum absolute atomic E-state index is 4.15. The summed E-state index contributed by atoms with van der Waals surface area (Å²) in [5.41, 5.74) is 1.26. The van der Waals surface area contributed by atoms with Gasteiger partial charge in [-0.2, -0.15) is 0 Å². The molecule has 0 bridgehead atoms. The Balaban J connectivity index is 0.000000371. The number of aryl methyl sites for hydroxylation is 1. The summed E-state index contributed by atoms with van der Waals surface area (Å²) < 4.78 is 0. The molecule has 0 aromatic heterocycles. The number of thiol groups is 1. The standard InChI is InChI=1S/C7H8S.C2H6/c1-6-3-2-4-7(8)5-6;1-2/h2-5,8H,1H3;1-2H3. The fourth-order valence-corrected chi connectivity index (χ4v) is 0.918. The van der Waals surface area contributed by atoms with E-state index >= 15 is 0 Å². The van der Waals surface area contributed by atoms with Gasteiger partial charge in [0.05, 0.1) is 0 Å². The van der Waals surface area contributed by atoms with Gasteiger partial charge in [-0.25, -0.2) is 0 Å². The van der Waals surface area contributed by atoms with Gasteiger partial charge in [0.1, 0.15) is 0 Å². The lowest BCUT2D eigenvalue weighted by Crippen LogP contribution is -1.67. The van der Waals surface area contributed by atoms with E-state index in [0.717, 1.165) is 4.90 Å². The van der Waals surface area contributed by atoms with Gasteiger partial charge in [-0.15, -0.1) is 12.6 Å². The third kappa shape index (κ3) is 3.57. The summed E-state index contributed by atoms with van der Waals surface area (Å²) in [7, 11) is 0. The largest absolute Gasteiger partial charge is 0.143 e. The van der Waals surface area contributed by atoms with Crippen molar-refractivity contribution in [3.63, 3.8) is 0 Å². The predicted molar refractivity (Wildman–Crippen MR) is 49.8 cm³/mol. The average molecular weight is 154 g/mol. The number of benzene rings is 1. The van der Waals surface area contributed by atoms with Crippen LogP contribution in [0.3, 0.4) is 0 Å². The van der Waals surface area contributed by atoms with E-state index in [9.17, 15) is 0 Å². The fraction of sp³-hybridized carbons (Fsp3) is 0.333. The van der Waals surface area contributed by atoms with Crippen molar-refractivity contribution in [1.29, 1.82) is 0 Å². The molecular formula is C9H14S. The molecule has 0 saturated heterocycles. The lowest BCUT2D eigenvalue weighted by atomic mass is 10.2. The molecule has 0 amide bonds. The van der Waals surface area contributed by atoms with Gasteiger partial charge in [-0.1, -0.05) is 31.5 Å². The maximum atomic E-state index is 4.15. The molecule has 0 atom stereocenters. The zero-order valence-corrected chi connectivity index (χ0v) is 7.65. The minimum Gasteiger partial charge on any atom is -0.143 e. The van der Waals surface area contributed by atoms with Crippen molar-refractivity contribution >= 4 is 12.6 Å². The molecule has 0 heterocycles. The molecule has 0 N–H and O–H groups in total. The van der Waals surface area contributed by atoms with Crippen LogP contribution in [0, 0.1) is 6.92 Å². The van der Waals surface area contributed by atoms with Crippen LogP contribution in [-0.2, 0) is 0 Å². The van der Waals surface area contributed by atoms with Gasteiger partial charge in [0.25, 0.3) is 0 Å². The van der Waals surface area contributed by atoms with E-state index in [4.69, 9.17) is 0 Å². The highest BCUT2D eigenvalue weighted by atomic mass is 32.1. The van der Waals surface area contributed by atoms with E-state index in [1.807, 2.05) is 32.0 Å². The summed E-state index contributed by atoms with van der Waals surface area (Å²) in [6, 6.07) is 8.05. The fourth-order valence-electron chi connectivity index (χ4n) is 0.628. The monoisotopic (exact) mass is 154 g/mol. The van der Waals surface area contributed by atoms with Crippen molar-refractivity contribution in [1.82, 2.24) is 0 Å². The van der Waals surface area contributed by atoms with Crippen LogP contribution in [0.2, 0.25) is 0 Å². The third-order valence-electron chi connectivity index (χ3n) is 1.00. The second kappa shape index (κ2) is 5.36. The quantitative estimate of drug-likeness (QED) is 0.544. The Morgan fingerprint density at radius 2 is 1.80 bits per heavy atom. The first-order valence-corrected chi connectivity index (χ1v) is 3.99. The zero-order chi connectivity index (χ0) is 7.98. The summed E-state index contributed by atoms with van der Waals surface area (Å²) in [6.45, 7) is 6.06. The van der Waals surface area contributed by atoms with Crippen molar-refractivity contribution < 1.29 is 0 Å². The van der Waals surface area contributed by atoms with E-state index in [2.05, 4.69) is 25.6 Å².